The SMILES string of the molecule is COc1ccccc1N1CCCC(NC(=O)C(Cc2ccccc2)NC(=O)c2ccco2)C1. The summed E-state index contributed by atoms with van der Waals surface area (Å²) < 4.78 is 10.7. The van der Waals surface area contributed by atoms with Crippen LogP contribution in [0.5, 0.6) is 5.75 Å². The summed E-state index contributed by atoms with van der Waals surface area (Å²) in [5.41, 5.74) is 1.99. The van der Waals surface area contributed by atoms with Gasteiger partial charge in [0.1, 0.15) is 11.8 Å². The first-order chi connectivity index (χ1) is 16.1. The first kappa shape index (κ1) is 22.5. The van der Waals surface area contributed by atoms with Crippen molar-refractivity contribution in [2.75, 3.05) is 25.1 Å². The molecule has 2 heterocycles. The fourth-order valence-electron chi connectivity index (χ4n) is 4.20. The zero-order valence-corrected chi connectivity index (χ0v) is 18.7. The number of amides is 2. The normalized spacial score (nSPS) is 16.6. The van der Waals surface area contributed by atoms with E-state index in [2.05, 4.69) is 15.5 Å². The van der Waals surface area contributed by atoms with Crippen molar-refractivity contribution in [1.29, 1.82) is 0 Å². The lowest BCUT2D eigenvalue weighted by atomic mass is 10.0. The van der Waals surface area contributed by atoms with E-state index in [0.717, 1.165) is 36.4 Å². The Morgan fingerprint density at radius 1 is 1.09 bits per heavy atom. The third-order valence-electron chi connectivity index (χ3n) is 5.84. The van der Waals surface area contributed by atoms with Gasteiger partial charge in [-0.25, -0.2) is 0 Å². The number of piperidine rings is 1. The summed E-state index contributed by atoms with van der Waals surface area (Å²) in [7, 11) is 1.66. The van der Waals surface area contributed by atoms with E-state index in [1.807, 2.05) is 54.6 Å². The molecule has 1 aliphatic rings. The van der Waals surface area contributed by atoms with Crippen molar-refractivity contribution in [3.05, 3.63) is 84.3 Å². The van der Waals surface area contributed by atoms with E-state index >= 15 is 0 Å². The molecule has 2 amide bonds. The fourth-order valence-corrected chi connectivity index (χ4v) is 4.20. The van der Waals surface area contributed by atoms with Gasteiger partial charge in [-0.05, 0) is 42.7 Å². The Balaban J connectivity index is 1.45. The lowest BCUT2D eigenvalue weighted by Crippen LogP contribution is -2.54. The minimum absolute atomic E-state index is 0.0325. The highest BCUT2D eigenvalue weighted by molar-refractivity contribution is 5.95. The van der Waals surface area contributed by atoms with E-state index in [1.165, 1.54) is 6.26 Å². The van der Waals surface area contributed by atoms with Gasteiger partial charge in [-0.1, -0.05) is 42.5 Å². The first-order valence-electron chi connectivity index (χ1n) is 11.2. The molecule has 4 rings (SSSR count). The third kappa shape index (κ3) is 5.74. The third-order valence-corrected chi connectivity index (χ3v) is 5.84. The summed E-state index contributed by atoms with van der Waals surface area (Å²) in [6.07, 6.45) is 3.66. The van der Waals surface area contributed by atoms with Crippen LogP contribution in [0.1, 0.15) is 29.0 Å². The first-order valence-corrected chi connectivity index (χ1v) is 11.2. The lowest BCUT2D eigenvalue weighted by Gasteiger charge is -2.36. The number of nitrogens with zero attached hydrogens (tertiary/aromatic N) is 1. The van der Waals surface area contributed by atoms with Crippen molar-refractivity contribution >= 4 is 17.5 Å². The quantitative estimate of drug-likeness (QED) is 0.553. The summed E-state index contributed by atoms with van der Waals surface area (Å²) >= 11 is 0. The number of carbonyl (C=O) groups excluding carboxylic acids is 2. The largest absolute Gasteiger partial charge is 0.495 e. The molecule has 0 aliphatic carbocycles. The second-order valence-corrected chi connectivity index (χ2v) is 8.16. The topological polar surface area (TPSA) is 83.8 Å². The Bertz CT molecular complexity index is 1050. The van der Waals surface area contributed by atoms with Crippen LogP contribution in [0.3, 0.4) is 0 Å². The van der Waals surface area contributed by atoms with Crippen molar-refractivity contribution < 1.29 is 18.7 Å². The standard InChI is InChI=1S/C26H29N3O4/c1-32-23-13-6-5-12-22(23)29-15-7-11-20(18-29)27-25(30)21(17-19-9-3-2-4-10-19)28-26(31)24-14-8-16-33-24/h2-6,8-10,12-14,16,20-21H,7,11,15,17-18H2,1H3,(H,27,30)(H,28,31). The Kier molecular flexibility index (Phi) is 7.29. The van der Waals surface area contributed by atoms with E-state index in [4.69, 9.17) is 9.15 Å². The molecule has 3 aromatic rings. The number of ether oxygens (including phenoxy) is 1. The Morgan fingerprint density at radius 2 is 1.88 bits per heavy atom. The maximum atomic E-state index is 13.3. The van der Waals surface area contributed by atoms with Gasteiger partial charge in [0.15, 0.2) is 5.76 Å². The Labute approximate surface area is 193 Å². The van der Waals surface area contributed by atoms with E-state index in [9.17, 15) is 9.59 Å². The van der Waals surface area contributed by atoms with Crippen LogP contribution in [0.15, 0.2) is 77.4 Å². The number of carbonyl (C=O) groups is 2. The van der Waals surface area contributed by atoms with Gasteiger partial charge < -0.3 is 24.7 Å². The van der Waals surface area contributed by atoms with Crippen LogP contribution in [0.2, 0.25) is 0 Å². The van der Waals surface area contributed by atoms with Crippen LogP contribution >= 0.6 is 0 Å². The van der Waals surface area contributed by atoms with E-state index in [1.54, 1.807) is 19.2 Å². The number of benzene rings is 2. The monoisotopic (exact) mass is 447 g/mol. The molecule has 0 bridgehead atoms. The van der Waals surface area contributed by atoms with Crippen LogP contribution in [0.4, 0.5) is 5.69 Å². The molecule has 2 N–H and O–H groups in total. The summed E-state index contributed by atoms with van der Waals surface area (Å²) in [6.45, 7) is 1.58. The van der Waals surface area contributed by atoms with Gasteiger partial charge in [0.2, 0.25) is 5.91 Å². The summed E-state index contributed by atoms with van der Waals surface area (Å²) in [4.78, 5) is 28.1. The average molecular weight is 448 g/mol. The van der Waals surface area contributed by atoms with Crippen LogP contribution in [0, 0.1) is 0 Å². The second-order valence-electron chi connectivity index (χ2n) is 8.16. The van der Waals surface area contributed by atoms with Crippen molar-refractivity contribution in [2.24, 2.45) is 0 Å². The number of methoxy groups -OCH3 is 1. The molecule has 7 heteroatoms. The number of anilines is 1. The zero-order chi connectivity index (χ0) is 23.0. The summed E-state index contributed by atoms with van der Waals surface area (Å²) in [6, 6.07) is 20.1. The number of furan rings is 1. The van der Waals surface area contributed by atoms with Gasteiger partial charge in [-0.15, -0.1) is 0 Å². The summed E-state index contributed by atoms with van der Waals surface area (Å²) in [5, 5.41) is 6.00. The zero-order valence-electron chi connectivity index (χ0n) is 18.7. The van der Waals surface area contributed by atoms with Crippen LogP contribution in [0.25, 0.3) is 0 Å². The van der Waals surface area contributed by atoms with Crippen LogP contribution in [-0.4, -0.2) is 44.1 Å². The van der Waals surface area contributed by atoms with Crippen molar-refractivity contribution in [2.45, 2.75) is 31.3 Å². The van der Waals surface area contributed by atoms with E-state index < -0.39 is 11.9 Å². The van der Waals surface area contributed by atoms with Gasteiger partial charge in [0, 0.05) is 25.6 Å². The maximum Gasteiger partial charge on any atom is 0.287 e. The van der Waals surface area contributed by atoms with Crippen LogP contribution < -0.4 is 20.3 Å². The molecule has 1 aromatic heterocycles. The predicted octanol–water partition coefficient (Wildman–Crippen LogP) is 3.41. The smallest absolute Gasteiger partial charge is 0.287 e. The molecule has 1 aliphatic heterocycles. The van der Waals surface area contributed by atoms with Crippen molar-refractivity contribution in [3.63, 3.8) is 0 Å². The van der Waals surface area contributed by atoms with Crippen LogP contribution in [-0.2, 0) is 11.2 Å². The van der Waals surface area contributed by atoms with Gasteiger partial charge >= 0.3 is 0 Å². The Hall–Kier alpha value is -3.74. The minimum atomic E-state index is -0.716. The molecule has 2 atom stereocenters. The highest BCUT2D eigenvalue weighted by atomic mass is 16.5. The number of hydrogen-bond acceptors (Lipinski definition) is 5. The molecule has 7 nitrogen and oxygen atoms in total. The van der Waals surface area contributed by atoms with Gasteiger partial charge in [-0.2, -0.15) is 0 Å². The molecule has 0 spiro atoms. The fraction of sp³-hybridized carbons (Fsp3) is 0.308. The molecule has 2 aromatic carbocycles. The second kappa shape index (κ2) is 10.7. The highest BCUT2D eigenvalue weighted by Gasteiger charge is 2.28. The molecular formula is C26H29N3O4. The molecule has 1 fully saturated rings. The highest BCUT2D eigenvalue weighted by Crippen LogP contribution is 2.29. The van der Waals surface area contributed by atoms with Gasteiger partial charge in [0.05, 0.1) is 19.1 Å². The van der Waals surface area contributed by atoms with Gasteiger partial charge in [-0.3, -0.25) is 9.59 Å². The van der Waals surface area contributed by atoms with E-state index in [0.29, 0.717) is 13.0 Å². The maximum absolute atomic E-state index is 13.3. The minimum Gasteiger partial charge on any atom is -0.495 e. The number of para-hydroxylation sites is 2. The predicted molar refractivity (Wildman–Crippen MR) is 126 cm³/mol. The molecule has 0 radical (unpaired) electrons. The number of hydrogen-bond donors (Lipinski definition) is 2. The molecule has 33 heavy (non-hydrogen) atoms. The lowest BCUT2D eigenvalue weighted by molar-refractivity contribution is -0.123. The van der Waals surface area contributed by atoms with Gasteiger partial charge in [0.25, 0.3) is 5.91 Å². The molecule has 0 saturated carbocycles. The van der Waals surface area contributed by atoms with E-state index in [-0.39, 0.29) is 17.7 Å². The number of nitrogens with one attached hydrogen (secondary N) is 2. The number of rotatable bonds is 8. The summed E-state index contributed by atoms with van der Waals surface area (Å²) in [5.74, 6) is 0.388. The van der Waals surface area contributed by atoms with Crippen molar-refractivity contribution in [1.82, 2.24) is 10.6 Å². The molecule has 1 saturated heterocycles. The molecule has 2 unspecified atom stereocenters. The Morgan fingerprint density at radius 3 is 2.64 bits per heavy atom. The van der Waals surface area contributed by atoms with Crippen molar-refractivity contribution in [3.8, 4) is 5.75 Å². The average Bonchev–Trinajstić information content (AvgIpc) is 3.40. The molecule has 172 valence electrons. The molecular weight excluding hydrogens is 418 g/mol.